The van der Waals surface area contributed by atoms with Gasteiger partial charge in [0.15, 0.2) is 11.5 Å². The maximum Gasteiger partial charge on any atom is 0.175 e. The van der Waals surface area contributed by atoms with Crippen molar-refractivity contribution >= 4 is 54.3 Å². The first kappa shape index (κ1) is 22.1. The molecule has 158 valence electrons. The van der Waals surface area contributed by atoms with Crippen LogP contribution in [0.1, 0.15) is 16.7 Å². The molecule has 3 nitrogen and oxygen atoms in total. The van der Waals surface area contributed by atoms with Gasteiger partial charge < -0.3 is 9.47 Å². The van der Waals surface area contributed by atoms with E-state index in [1.807, 2.05) is 84.9 Å². The molecule has 0 saturated carbocycles. The van der Waals surface area contributed by atoms with E-state index >= 15 is 0 Å². The third-order valence-electron chi connectivity index (χ3n) is 5.06. The van der Waals surface area contributed by atoms with Crippen molar-refractivity contribution in [2.75, 3.05) is 7.11 Å². The molecule has 0 amide bonds. The topological polar surface area (TPSA) is 42.2 Å². The molecule has 0 unspecified atom stereocenters. The summed E-state index contributed by atoms with van der Waals surface area (Å²) < 4.78 is 13.4. The predicted molar refractivity (Wildman–Crippen MR) is 137 cm³/mol. The fraction of sp³-hybridized carbons (Fsp3) is 0.0741. The molecule has 4 aromatic rings. The van der Waals surface area contributed by atoms with Gasteiger partial charge in [-0.1, -0.05) is 70.5 Å². The maximum absolute atomic E-state index is 9.89. The van der Waals surface area contributed by atoms with Gasteiger partial charge in [-0.05, 0) is 68.2 Å². The standard InChI is InChI=1S/C27H19Br2NO2/c1-31-26-15-19(14-25(29)27(26)32-17-18-9-11-22(28)12-10-18)13-21(16-30)24-8-4-6-20-5-2-3-7-23(20)24/h2-15H,17H2,1H3/b21-13-. The average Bonchev–Trinajstić information content (AvgIpc) is 2.82. The maximum atomic E-state index is 9.89. The van der Waals surface area contributed by atoms with Crippen molar-refractivity contribution in [1.82, 2.24) is 0 Å². The van der Waals surface area contributed by atoms with E-state index in [2.05, 4.69) is 37.9 Å². The van der Waals surface area contributed by atoms with Gasteiger partial charge >= 0.3 is 0 Å². The van der Waals surface area contributed by atoms with Gasteiger partial charge in [0, 0.05) is 10.0 Å². The molecule has 0 atom stereocenters. The molecule has 5 heteroatoms. The molecule has 0 fully saturated rings. The highest BCUT2D eigenvalue weighted by molar-refractivity contribution is 9.10. The molecular weight excluding hydrogens is 530 g/mol. The first-order valence-electron chi connectivity index (χ1n) is 9.94. The molecule has 0 spiro atoms. The Morgan fingerprint density at radius 2 is 1.72 bits per heavy atom. The number of benzene rings is 4. The molecule has 0 N–H and O–H groups in total. The molecule has 4 aromatic carbocycles. The Morgan fingerprint density at radius 3 is 2.47 bits per heavy atom. The fourth-order valence-electron chi connectivity index (χ4n) is 3.50. The molecule has 0 aliphatic heterocycles. The highest BCUT2D eigenvalue weighted by atomic mass is 79.9. The summed E-state index contributed by atoms with van der Waals surface area (Å²) in [6, 6.07) is 28.2. The summed E-state index contributed by atoms with van der Waals surface area (Å²) >= 11 is 7.05. The second kappa shape index (κ2) is 10.0. The summed E-state index contributed by atoms with van der Waals surface area (Å²) in [6.45, 7) is 0.414. The highest BCUT2D eigenvalue weighted by Gasteiger charge is 2.13. The molecule has 0 radical (unpaired) electrons. The average molecular weight is 549 g/mol. The van der Waals surface area contributed by atoms with Crippen LogP contribution in [0.5, 0.6) is 11.5 Å². The van der Waals surface area contributed by atoms with Gasteiger partial charge in [-0.3, -0.25) is 0 Å². The lowest BCUT2D eigenvalue weighted by molar-refractivity contribution is 0.282. The Labute approximate surface area is 204 Å². The van der Waals surface area contributed by atoms with Crippen LogP contribution < -0.4 is 9.47 Å². The Morgan fingerprint density at radius 1 is 0.969 bits per heavy atom. The summed E-state index contributed by atoms with van der Waals surface area (Å²) in [6.07, 6.45) is 1.87. The lowest BCUT2D eigenvalue weighted by Crippen LogP contribution is -1.99. The van der Waals surface area contributed by atoms with Gasteiger partial charge in [-0.2, -0.15) is 5.26 Å². The lowest BCUT2D eigenvalue weighted by Gasteiger charge is -2.14. The molecule has 0 saturated heterocycles. The molecule has 32 heavy (non-hydrogen) atoms. The van der Waals surface area contributed by atoms with E-state index in [1.165, 1.54) is 0 Å². The third-order valence-corrected chi connectivity index (χ3v) is 6.18. The number of ether oxygens (including phenoxy) is 2. The summed E-state index contributed by atoms with van der Waals surface area (Å²) in [7, 11) is 1.61. The molecule has 0 aliphatic rings. The Balaban J connectivity index is 1.67. The summed E-state index contributed by atoms with van der Waals surface area (Å²) in [4.78, 5) is 0. The lowest BCUT2D eigenvalue weighted by atomic mass is 9.97. The van der Waals surface area contributed by atoms with Gasteiger partial charge in [0.25, 0.3) is 0 Å². The summed E-state index contributed by atoms with van der Waals surface area (Å²) in [5, 5.41) is 12.0. The van der Waals surface area contributed by atoms with E-state index in [4.69, 9.17) is 9.47 Å². The monoisotopic (exact) mass is 547 g/mol. The van der Waals surface area contributed by atoms with Crippen LogP contribution in [0.3, 0.4) is 0 Å². The summed E-state index contributed by atoms with van der Waals surface area (Å²) in [5.41, 5.74) is 3.37. The number of fused-ring (bicyclic) bond motifs is 1. The minimum atomic E-state index is 0.414. The number of rotatable bonds is 6. The van der Waals surface area contributed by atoms with Crippen molar-refractivity contribution in [3.63, 3.8) is 0 Å². The normalized spacial score (nSPS) is 11.2. The van der Waals surface area contributed by atoms with Crippen LogP contribution in [0.15, 0.2) is 87.8 Å². The van der Waals surface area contributed by atoms with Crippen LogP contribution in [0.2, 0.25) is 0 Å². The van der Waals surface area contributed by atoms with Crippen LogP contribution in [-0.4, -0.2) is 7.11 Å². The third kappa shape index (κ3) is 4.88. The van der Waals surface area contributed by atoms with E-state index in [0.29, 0.717) is 23.7 Å². The summed E-state index contributed by atoms with van der Waals surface area (Å²) in [5.74, 6) is 1.22. The molecule has 0 aromatic heterocycles. The van der Waals surface area contributed by atoms with E-state index in [-0.39, 0.29) is 0 Å². The smallest absolute Gasteiger partial charge is 0.175 e. The van der Waals surface area contributed by atoms with Crippen molar-refractivity contribution in [2.24, 2.45) is 0 Å². The zero-order chi connectivity index (χ0) is 22.5. The molecule has 0 bridgehead atoms. The fourth-order valence-corrected chi connectivity index (χ4v) is 4.34. The first-order valence-corrected chi connectivity index (χ1v) is 11.5. The zero-order valence-corrected chi connectivity index (χ0v) is 20.5. The van der Waals surface area contributed by atoms with Gasteiger partial charge in [-0.15, -0.1) is 0 Å². The van der Waals surface area contributed by atoms with Crippen molar-refractivity contribution in [3.8, 4) is 17.6 Å². The largest absolute Gasteiger partial charge is 0.493 e. The van der Waals surface area contributed by atoms with E-state index < -0.39 is 0 Å². The van der Waals surface area contributed by atoms with Crippen LogP contribution in [0.4, 0.5) is 0 Å². The van der Waals surface area contributed by atoms with E-state index in [9.17, 15) is 5.26 Å². The van der Waals surface area contributed by atoms with Gasteiger partial charge in [-0.25, -0.2) is 0 Å². The van der Waals surface area contributed by atoms with Gasteiger partial charge in [0.1, 0.15) is 6.61 Å². The van der Waals surface area contributed by atoms with Crippen molar-refractivity contribution in [3.05, 3.63) is 104 Å². The number of halogens is 2. The molecule has 0 aliphatic carbocycles. The first-order chi connectivity index (χ1) is 15.6. The molecule has 0 heterocycles. The Hall–Kier alpha value is -3.07. The van der Waals surface area contributed by atoms with Gasteiger partial charge in [0.05, 0.1) is 23.2 Å². The molecular formula is C27H19Br2NO2. The number of methoxy groups -OCH3 is 1. The number of hydrogen-bond acceptors (Lipinski definition) is 3. The SMILES string of the molecule is COc1cc(/C=C(/C#N)c2cccc3ccccc23)cc(Br)c1OCc1ccc(Br)cc1. The van der Waals surface area contributed by atoms with Crippen LogP contribution in [-0.2, 0) is 6.61 Å². The number of hydrogen-bond donors (Lipinski definition) is 0. The van der Waals surface area contributed by atoms with Crippen molar-refractivity contribution in [2.45, 2.75) is 6.61 Å². The van der Waals surface area contributed by atoms with Gasteiger partial charge in [0.2, 0.25) is 0 Å². The minimum absolute atomic E-state index is 0.414. The Bertz CT molecular complexity index is 1330. The van der Waals surface area contributed by atoms with Crippen molar-refractivity contribution < 1.29 is 9.47 Å². The predicted octanol–water partition coefficient (Wildman–Crippen LogP) is 8.02. The van der Waals surface area contributed by atoms with E-state index in [1.54, 1.807) is 7.11 Å². The molecule has 4 rings (SSSR count). The minimum Gasteiger partial charge on any atom is -0.493 e. The van der Waals surface area contributed by atoms with Crippen LogP contribution in [0.25, 0.3) is 22.4 Å². The second-order valence-electron chi connectivity index (χ2n) is 7.15. The van der Waals surface area contributed by atoms with Crippen molar-refractivity contribution in [1.29, 1.82) is 5.26 Å². The number of nitriles is 1. The van der Waals surface area contributed by atoms with Crippen LogP contribution in [0, 0.1) is 11.3 Å². The zero-order valence-electron chi connectivity index (χ0n) is 17.3. The number of allylic oxidation sites excluding steroid dienone is 1. The Kier molecular flexibility index (Phi) is 6.94. The second-order valence-corrected chi connectivity index (χ2v) is 8.92. The highest BCUT2D eigenvalue weighted by Crippen LogP contribution is 2.38. The van der Waals surface area contributed by atoms with Crippen LogP contribution >= 0.6 is 31.9 Å². The number of nitrogens with zero attached hydrogens (tertiary/aromatic N) is 1. The van der Waals surface area contributed by atoms with E-state index in [0.717, 1.165) is 36.4 Å². The quantitative estimate of drug-likeness (QED) is 0.181.